The van der Waals surface area contributed by atoms with Gasteiger partial charge in [-0.3, -0.25) is 0 Å². The zero-order chi connectivity index (χ0) is 15.7. The molecule has 0 aromatic heterocycles. The van der Waals surface area contributed by atoms with Crippen molar-refractivity contribution in [1.29, 1.82) is 0 Å². The lowest BCUT2D eigenvalue weighted by atomic mass is 9.86. The molecule has 2 aromatic rings. The molecule has 3 heteroatoms. The Bertz CT molecular complexity index is 727. The third-order valence-corrected chi connectivity index (χ3v) is 4.03. The maximum Gasteiger partial charge on any atom is 0.176 e. The predicted octanol–water partition coefficient (Wildman–Crippen LogP) is 2.89. The summed E-state index contributed by atoms with van der Waals surface area (Å²) in [5.74, 6) is 4.11. The van der Waals surface area contributed by atoms with E-state index in [4.69, 9.17) is 15.9 Å². The van der Waals surface area contributed by atoms with Crippen molar-refractivity contribution in [1.82, 2.24) is 0 Å². The SMILES string of the molecule is C#CC(O)(c1ccc(OC)cc1)c1ccc2c(c1)CC(C)O2. The fourth-order valence-corrected chi connectivity index (χ4v) is 2.81. The van der Waals surface area contributed by atoms with Crippen LogP contribution in [-0.2, 0) is 12.0 Å². The number of benzene rings is 2. The first-order valence-electron chi connectivity index (χ1n) is 7.21. The molecular weight excluding hydrogens is 276 g/mol. The Morgan fingerprint density at radius 3 is 2.55 bits per heavy atom. The first kappa shape index (κ1) is 14.5. The number of aliphatic hydroxyl groups is 1. The largest absolute Gasteiger partial charge is 0.497 e. The zero-order valence-electron chi connectivity index (χ0n) is 12.7. The number of rotatable bonds is 3. The molecular formula is C19H18O3. The Labute approximate surface area is 130 Å². The van der Waals surface area contributed by atoms with Gasteiger partial charge in [-0.05, 0) is 36.8 Å². The van der Waals surface area contributed by atoms with Crippen molar-refractivity contribution >= 4 is 0 Å². The maximum absolute atomic E-state index is 11.0. The van der Waals surface area contributed by atoms with Crippen molar-refractivity contribution in [2.24, 2.45) is 0 Å². The molecule has 0 spiro atoms. The summed E-state index contributed by atoms with van der Waals surface area (Å²) in [5.41, 5.74) is 0.930. The fraction of sp³-hybridized carbons (Fsp3) is 0.263. The van der Waals surface area contributed by atoms with E-state index in [-0.39, 0.29) is 6.10 Å². The highest BCUT2D eigenvalue weighted by Gasteiger charge is 2.31. The van der Waals surface area contributed by atoms with Crippen molar-refractivity contribution in [2.75, 3.05) is 7.11 Å². The summed E-state index contributed by atoms with van der Waals surface area (Å²) in [6.07, 6.45) is 6.64. The van der Waals surface area contributed by atoms with E-state index in [9.17, 15) is 5.11 Å². The van der Waals surface area contributed by atoms with Crippen molar-refractivity contribution < 1.29 is 14.6 Å². The van der Waals surface area contributed by atoms with Gasteiger partial charge in [0.05, 0.1) is 7.11 Å². The number of terminal acetylenes is 1. The quantitative estimate of drug-likeness (QED) is 0.885. The van der Waals surface area contributed by atoms with E-state index in [0.717, 1.165) is 23.5 Å². The van der Waals surface area contributed by atoms with Gasteiger partial charge in [0.1, 0.15) is 17.6 Å². The van der Waals surface area contributed by atoms with Crippen LogP contribution in [-0.4, -0.2) is 18.3 Å². The van der Waals surface area contributed by atoms with Crippen LogP contribution in [0.25, 0.3) is 0 Å². The summed E-state index contributed by atoms with van der Waals surface area (Å²) in [5, 5.41) is 11.0. The molecule has 0 aliphatic carbocycles. The van der Waals surface area contributed by atoms with Crippen molar-refractivity contribution in [3.63, 3.8) is 0 Å². The average Bonchev–Trinajstić information content (AvgIpc) is 2.93. The smallest absolute Gasteiger partial charge is 0.176 e. The van der Waals surface area contributed by atoms with Gasteiger partial charge in [-0.25, -0.2) is 0 Å². The van der Waals surface area contributed by atoms with E-state index in [1.54, 1.807) is 31.4 Å². The van der Waals surface area contributed by atoms with Crippen LogP contribution < -0.4 is 9.47 Å². The van der Waals surface area contributed by atoms with Crippen molar-refractivity contribution in [2.45, 2.75) is 25.0 Å². The van der Waals surface area contributed by atoms with Crippen LogP contribution in [0.15, 0.2) is 42.5 Å². The number of fused-ring (bicyclic) bond motifs is 1. The van der Waals surface area contributed by atoms with E-state index >= 15 is 0 Å². The highest BCUT2D eigenvalue weighted by atomic mass is 16.5. The van der Waals surface area contributed by atoms with Crippen LogP contribution in [0.5, 0.6) is 11.5 Å². The number of ether oxygens (including phenoxy) is 2. The monoisotopic (exact) mass is 294 g/mol. The van der Waals surface area contributed by atoms with Gasteiger partial charge in [0, 0.05) is 17.5 Å². The molecule has 1 aliphatic rings. The van der Waals surface area contributed by atoms with Gasteiger partial charge in [0.25, 0.3) is 0 Å². The third-order valence-electron chi connectivity index (χ3n) is 4.03. The average molecular weight is 294 g/mol. The van der Waals surface area contributed by atoms with Gasteiger partial charge in [0.2, 0.25) is 0 Å². The van der Waals surface area contributed by atoms with Crippen LogP contribution in [0, 0.1) is 12.3 Å². The first-order chi connectivity index (χ1) is 10.6. The van der Waals surface area contributed by atoms with Crippen LogP contribution in [0.1, 0.15) is 23.6 Å². The Balaban J connectivity index is 2.03. The van der Waals surface area contributed by atoms with E-state index in [1.165, 1.54) is 0 Å². The molecule has 1 aliphatic heterocycles. The molecule has 0 bridgehead atoms. The molecule has 3 rings (SSSR count). The molecule has 3 nitrogen and oxygen atoms in total. The molecule has 0 saturated heterocycles. The minimum Gasteiger partial charge on any atom is -0.497 e. The Kier molecular flexibility index (Phi) is 3.56. The standard InChI is InChI=1S/C19H18O3/c1-4-19(20,15-5-8-17(21-3)9-6-15)16-7-10-18-14(12-16)11-13(2)22-18/h1,5-10,12-13,20H,11H2,2-3H3. The van der Waals surface area contributed by atoms with Crippen LogP contribution in [0.3, 0.4) is 0 Å². The molecule has 112 valence electrons. The summed E-state index contributed by atoms with van der Waals surface area (Å²) in [6.45, 7) is 2.02. The van der Waals surface area contributed by atoms with E-state index in [0.29, 0.717) is 11.1 Å². The molecule has 1 N–H and O–H groups in total. The molecule has 2 atom stereocenters. The predicted molar refractivity (Wildman–Crippen MR) is 85.1 cm³/mol. The summed E-state index contributed by atoms with van der Waals surface area (Å²) in [4.78, 5) is 0. The molecule has 1 heterocycles. The zero-order valence-corrected chi connectivity index (χ0v) is 12.7. The number of methoxy groups -OCH3 is 1. The van der Waals surface area contributed by atoms with Gasteiger partial charge in [0.15, 0.2) is 5.60 Å². The lowest BCUT2D eigenvalue weighted by Crippen LogP contribution is -2.25. The van der Waals surface area contributed by atoms with Gasteiger partial charge in [-0.15, -0.1) is 6.42 Å². The molecule has 22 heavy (non-hydrogen) atoms. The minimum atomic E-state index is -1.47. The van der Waals surface area contributed by atoms with Gasteiger partial charge >= 0.3 is 0 Å². The first-order valence-corrected chi connectivity index (χ1v) is 7.21. The Morgan fingerprint density at radius 1 is 1.23 bits per heavy atom. The highest BCUT2D eigenvalue weighted by molar-refractivity contribution is 5.50. The summed E-state index contributed by atoms with van der Waals surface area (Å²) < 4.78 is 10.8. The van der Waals surface area contributed by atoms with Crippen LogP contribution in [0.2, 0.25) is 0 Å². The lowest BCUT2D eigenvalue weighted by molar-refractivity contribution is 0.145. The van der Waals surface area contributed by atoms with Gasteiger partial charge in [-0.2, -0.15) is 0 Å². The molecule has 0 radical (unpaired) electrons. The fourth-order valence-electron chi connectivity index (χ4n) is 2.81. The highest BCUT2D eigenvalue weighted by Crippen LogP contribution is 2.36. The maximum atomic E-state index is 11.0. The van der Waals surface area contributed by atoms with Gasteiger partial charge < -0.3 is 14.6 Å². The van der Waals surface area contributed by atoms with E-state index < -0.39 is 5.60 Å². The molecule has 0 fully saturated rings. The Morgan fingerprint density at radius 2 is 1.91 bits per heavy atom. The Hall–Kier alpha value is -2.44. The molecule has 2 unspecified atom stereocenters. The number of hydrogen-bond acceptors (Lipinski definition) is 3. The number of hydrogen-bond donors (Lipinski definition) is 1. The molecule has 0 saturated carbocycles. The van der Waals surface area contributed by atoms with E-state index in [2.05, 4.69) is 5.92 Å². The summed E-state index contributed by atoms with van der Waals surface area (Å²) >= 11 is 0. The van der Waals surface area contributed by atoms with Crippen molar-refractivity contribution in [3.05, 3.63) is 59.2 Å². The van der Waals surface area contributed by atoms with Crippen LogP contribution in [0.4, 0.5) is 0 Å². The second kappa shape index (κ2) is 5.40. The summed E-state index contributed by atoms with van der Waals surface area (Å²) in [7, 11) is 1.60. The molecule has 0 amide bonds. The summed E-state index contributed by atoms with van der Waals surface area (Å²) in [6, 6.07) is 12.8. The van der Waals surface area contributed by atoms with Gasteiger partial charge in [-0.1, -0.05) is 24.1 Å². The topological polar surface area (TPSA) is 38.7 Å². The second-order valence-corrected chi connectivity index (χ2v) is 5.54. The van der Waals surface area contributed by atoms with Crippen LogP contribution >= 0.6 is 0 Å². The van der Waals surface area contributed by atoms with Crippen molar-refractivity contribution in [3.8, 4) is 23.8 Å². The molecule has 2 aromatic carbocycles. The second-order valence-electron chi connectivity index (χ2n) is 5.54. The normalized spacial score (nSPS) is 18.7. The lowest BCUT2D eigenvalue weighted by Gasteiger charge is -2.24. The third kappa shape index (κ3) is 2.32. The minimum absolute atomic E-state index is 0.158. The van der Waals surface area contributed by atoms with E-state index in [1.807, 2.05) is 25.1 Å².